The molecule has 1 N–H and O–H groups in total. The second-order valence-corrected chi connectivity index (χ2v) is 11.0. The van der Waals surface area contributed by atoms with Crippen LogP contribution in [0.4, 0.5) is 4.79 Å². The van der Waals surface area contributed by atoms with E-state index in [9.17, 15) is 10.1 Å². The number of ether oxygens (including phenoxy) is 1. The van der Waals surface area contributed by atoms with Gasteiger partial charge in [0.2, 0.25) is 0 Å². The summed E-state index contributed by atoms with van der Waals surface area (Å²) in [5.74, 6) is 1.13. The van der Waals surface area contributed by atoms with Crippen LogP contribution in [0, 0.1) is 17.2 Å². The number of hydrogen-bond acceptors (Lipinski definition) is 6. The van der Waals surface area contributed by atoms with Crippen LogP contribution in [0.15, 0.2) is 36.4 Å². The highest BCUT2D eigenvalue weighted by atomic mass is 32.1. The van der Waals surface area contributed by atoms with E-state index in [-0.39, 0.29) is 18.2 Å². The van der Waals surface area contributed by atoms with Crippen LogP contribution in [0.3, 0.4) is 0 Å². The van der Waals surface area contributed by atoms with Gasteiger partial charge in [-0.25, -0.2) is 4.79 Å². The van der Waals surface area contributed by atoms with Gasteiger partial charge in [-0.1, -0.05) is 36.5 Å². The third kappa shape index (κ3) is 4.93. The third-order valence-corrected chi connectivity index (χ3v) is 7.88. The van der Waals surface area contributed by atoms with Crippen molar-refractivity contribution < 1.29 is 9.53 Å². The number of nitrogens with zero attached hydrogens (tertiary/aromatic N) is 4. The average molecular weight is 502 g/mol. The van der Waals surface area contributed by atoms with E-state index >= 15 is 0 Å². The zero-order valence-electron chi connectivity index (χ0n) is 21.0. The second kappa shape index (κ2) is 10.3. The van der Waals surface area contributed by atoms with Crippen molar-refractivity contribution in [3.05, 3.63) is 53.1 Å². The van der Waals surface area contributed by atoms with Crippen LogP contribution in [-0.2, 0) is 6.42 Å². The van der Waals surface area contributed by atoms with Crippen molar-refractivity contribution in [3.8, 4) is 33.0 Å². The lowest BCUT2D eigenvalue weighted by Gasteiger charge is -2.32. The van der Waals surface area contributed by atoms with Crippen molar-refractivity contribution in [3.63, 3.8) is 0 Å². The van der Waals surface area contributed by atoms with Gasteiger partial charge in [0.05, 0.1) is 17.7 Å². The Balaban J connectivity index is 1.36. The summed E-state index contributed by atoms with van der Waals surface area (Å²) < 4.78 is 5.75. The predicted octanol–water partition coefficient (Wildman–Crippen LogP) is 5.96. The molecule has 2 aromatic carbocycles. The van der Waals surface area contributed by atoms with Crippen molar-refractivity contribution in [1.82, 2.24) is 20.4 Å². The summed E-state index contributed by atoms with van der Waals surface area (Å²) in [4.78, 5) is 14.9. The Morgan fingerprint density at radius 3 is 2.83 bits per heavy atom. The van der Waals surface area contributed by atoms with Crippen LogP contribution in [0.5, 0.6) is 5.75 Å². The van der Waals surface area contributed by atoms with Gasteiger partial charge in [0.25, 0.3) is 0 Å². The van der Waals surface area contributed by atoms with Gasteiger partial charge in [-0.2, -0.15) is 5.26 Å². The quantitative estimate of drug-likeness (QED) is 0.466. The Bertz CT molecular complexity index is 1310. The number of likely N-dealkylation sites (tertiary alicyclic amines) is 1. The van der Waals surface area contributed by atoms with Gasteiger partial charge in [0.15, 0.2) is 0 Å². The fraction of sp³-hybridized carbons (Fsp3) is 0.429. The molecule has 1 aliphatic carbocycles. The number of piperidine rings is 1. The lowest BCUT2D eigenvalue weighted by Crippen LogP contribution is -2.45. The molecular weight excluding hydrogens is 470 g/mol. The fourth-order valence-corrected chi connectivity index (χ4v) is 6.07. The molecule has 0 spiro atoms. The standard InChI is InChI=1S/C28H31N5O2S/c1-17(2)35-25-12-9-19(14-20(25)15-29)26-31-32-27(36-26)23-8-4-7-22-21(23)10-11-24(22)30-28(34)33-13-5-6-18(3)16-33/h4,7-9,12,14,17-18,24H,5-6,10-11,13,16H2,1-3H3,(H,30,34)/t18-,24-/m0/s1. The van der Waals surface area contributed by atoms with Crippen LogP contribution in [0.25, 0.3) is 21.1 Å². The number of nitrogens with one attached hydrogen (secondary N) is 1. The van der Waals surface area contributed by atoms with Gasteiger partial charge in [-0.3, -0.25) is 0 Å². The molecule has 186 valence electrons. The first-order chi connectivity index (χ1) is 17.4. The Morgan fingerprint density at radius 1 is 1.22 bits per heavy atom. The maximum absolute atomic E-state index is 12.9. The van der Waals surface area contributed by atoms with E-state index in [0.29, 0.717) is 17.2 Å². The molecular formula is C28H31N5O2S. The topological polar surface area (TPSA) is 91.1 Å². The number of hydrogen-bond donors (Lipinski definition) is 1. The molecule has 0 unspecified atom stereocenters. The number of nitriles is 1. The van der Waals surface area contributed by atoms with E-state index < -0.39 is 0 Å². The highest BCUT2D eigenvalue weighted by Crippen LogP contribution is 2.40. The molecule has 0 bridgehead atoms. The van der Waals surface area contributed by atoms with Crippen molar-refractivity contribution in [1.29, 1.82) is 5.26 Å². The largest absolute Gasteiger partial charge is 0.490 e. The van der Waals surface area contributed by atoms with Gasteiger partial charge in [0.1, 0.15) is 21.8 Å². The summed E-state index contributed by atoms with van der Waals surface area (Å²) in [6.07, 6.45) is 4.03. The molecule has 36 heavy (non-hydrogen) atoms. The lowest BCUT2D eigenvalue weighted by atomic mass is 10.0. The summed E-state index contributed by atoms with van der Waals surface area (Å²) in [5, 5.41) is 23.4. The molecule has 1 aliphatic heterocycles. The number of carbonyl (C=O) groups is 1. The first kappa shape index (κ1) is 24.3. The zero-order chi connectivity index (χ0) is 25.2. The third-order valence-electron chi connectivity index (χ3n) is 6.88. The predicted molar refractivity (Wildman–Crippen MR) is 141 cm³/mol. The smallest absolute Gasteiger partial charge is 0.317 e. The van der Waals surface area contributed by atoms with Gasteiger partial charge in [-0.05, 0) is 74.8 Å². The number of fused-ring (bicyclic) bond motifs is 1. The Morgan fingerprint density at radius 2 is 2.06 bits per heavy atom. The van der Waals surface area contributed by atoms with E-state index in [4.69, 9.17) is 4.74 Å². The summed E-state index contributed by atoms with van der Waals surface area (Å²) in [5.41, 5.74) is 4.81. The highest BCUT2D eigenvalue weighted by molar-refractivity contribution is 7.17. The van der Waals surface area contributed by atoms with Crippen LogP contribution in [0.2, 0.25) is 0 Å². The maximum atomic E-state index is 12.9. The number of benzene rings is 2. The molecule has 7 nitrogen and oxygen atoms in total. The van der Waals surface area contributed by atoms with E-state index in [1.807, 2.05) is 43.0 Å². The normalized spacial score (nSPS) is 19.1. The SMILES string of the molecule is CC(C)Oc1ccc(-c2nnc(-c3cccc4c3CC[C@@H]4NC(=O)N3CCC[C@H](C)C3)s2)cc1C#N. The Kier molecular flexibility index (Phi) is 6.92. The number of aromatic nitrogens is 2. The minimum absolute atomic E-state index is 0.00622. The summed E-state index contributed by atoms with van der Waals surface area (Å²) in [6, 6.07) is 14.1. The molecule has 2 aliphatic rings. The van der Waals surface area contributed by atoms with E-state index in [2.05, 4.69) is 40.6 Å². The molecule has 8 heteroatoms. The van der Waals surface area contributed by atoms with Crippen LogP contribution in [-0.4, -0.2) is 40.3 Å². The maximum Gasteiger partial charge on any atom is 0.317 e. The van der Waals surface area contributed by atoms with E-state index in [1.54, 1.807) is 0 Å². The summed E-state index contributed by atoms with van der Waals surface area (Å²) in [7, 11) is 0. The van der Waals surface area contributed by atoms with Crippen LogP contribution >= 0.6 is 11.3 Å². The van der Waals surface area contributed by atoms with Crippen LogP contribution < -0.4 is 10.1 Å². The molecule has 1 aromatic heterocycles. The van der Waals surface area contributed by atoms with Crippen molar-refractivity contribution in [2.24, 2.45) is 5.92 Å². The van der Waals surface area contributed by atoms with E-state index in [1.165, 1.54) is 28.9 Å². The molecule has 1 fully saturated rings. The van der Waals surface area contributed by atoms with Crippen molar-refractivity contribution in [2.75, 3.05) is 13.1 Å². The molecule has 1 saturated heterocycles. The molecule has 3 aromatic rings. The number of urea groups is 1. The average Bonchev–Trinajstić information content (AvgIpc) is 3.52. The molecule has 5 rings (SSSR count). The number of rotatable bonds is 5. The summed E-state index contributed by atoms with van der Waals surface area (Å²) in [6.45, 7) is 7.75. The Hall–Kier alpha value is -3.44. The van der Waals surface area contributed by atoms with Gasteiger partial charge < -0.3 is 15.0 Å². The van der Waals surface area contributed by atoms with Gasteiger partial charge >= 0.3 is 6.03 Å². The second-order valence-electron chi connectivity index (χ2n) is 10.0. The molecule has 2 amide bonds. The number of amides is 2. The van der Waals surface area contributed by atoms with Gasteiger partial charge in [-0.15, -0.1) is 10.2 Å². The zero-order valence-corrected chi connectivity index (χ0v) is 21.8. The van der Waals surface area contributed by atoms with Crippen LogP contribution in [0.1, 0.15) is 62.8 Å². The fourth-order valence-electron chi connectivity index (χ4n) is 5.17. The first-order valence-corrected chi connectivity index (χ1v) is 13.5. The minimum atomic E-state index is -0.00622. The molecule has 0 radical (unpaired) electrons. The van der Waals surface area contributed by atoms with Gasteiger partial charge in [0, 0.05) is 24.2 Å². The monoisotopic (exact) mass is 501 g/mol. The van der Waals surface area contributed by atoms with Crippen molar-refractivity contribution >= 4 is 17.4 Å². The van der Waals surface area contributed by atoms with E-state index in [0.717, 1.165) is 53.5 Å². The minimum Gasteiger partial charge on any atom is -0.490 e. The molecule has 0 saturated carbocycles. The Labute approximate surface area is 216 Å². The molecule has 2 atom stereocenters. The highest BCUT2D eigenvalue weighted by Gasteiger charge is 2.29. The number of carbonyl (C=O) groups excluding carboxylic acids is 1. The summed E-state index contributed by atoms with van der Waals surface area (Å²) >= 11 is 1.51. The molecule has 2 heterocycles. The van der Waals surface area contributed by atoms with Crippen molar-refractivity contribution in [2.45, 2.75) is 58.6 Å². The lowest BCUT2D eigenvalue weighted by molar-refractivity contribution is 0.166. The first-order valence-electron chi connectivity index (χ1n) is 12.6.